The van der Waals surface area contributed by atoms with Crippen molar-refractivity contribution in [2.24, 2.45) is 7.05 Å². The van der Waals surface area contributed by atoms with Crippen molar-refractivity contribution >= 4 is 6.03 Å². The number of nitrogens with one attached hydrogen (secondary N) is 1. The summed E-state index contributed by atoms with van der Waals surface area (Å²) in [6.07, 6.45) is 0.867. The molecule has 0 unspecified atom stereocenters. The number of ether oxygens (including phenoxy) is 1. The zero-order chi connectivity index (χ0) is 21.5. The summed E-state index contributed by atoms with van der Waals surface area (Å²) in [5.41, 5.74) is 3.83. The molecule has 0 radical (unpaired) electrons. The van der Waals surface area contributed by atoms with E-state index >= 15 is 0 Å². The van der Waals surface area contributed by atoms with E-state index in [0.717, 1.165) is 34.6 Å². The van der Waals surface area contributed by atoms with Crippen molar-refractivity contribution in [1.82, 2.24) is 20.0 Å². The molecule has 2 amide bonds. The monoisotopic (exact) mass is 406 g/mol. The van der Waals surface area contributed by atoms with Gasteiger partial charge in [-0.15, -0.1) is 0 Å². The number of carbonyl (C=O) groups excluding carboxylic acids is 1. The quantitative estimate of drug-likeness (QED) is 0.564. The Kier molecular flexibility index (Phi) is 7.12. The van der Waals surface area contributed by atoms with Crippen LogP contribution in [-0.4, -0.2) is 33.8 Å². The Morgan fingerprint density at radius 3 is 2.57 bits per heavy atom. The number of amides is 2. The van der Waals surface area contributed by atoms with Gasteiger partial charge in [-0.2, -0.15) is 5.10 Å². The van der Waals surface area contributed by atoms with Crippen molar-refractivity contribution in [3.8, 4) is 22.9 Å². The number of hydrogen-bond donors (Lipinski definition) is 1. The summed E-state index contributed by atoms with van der Waals surface area (Å²) < 4.78 is 8.04. The molecule has 0 saturated heterocycles. The van der Waals surface area contributed by atoms with E-state index in [2.05, 4.69) is 12.2 Å². The molecule has 1 aromatic heterocycles. The number of aromatic nitrogens is 2. The first kappa shape index (κ1) is 21.4. The van der Waals surface area contributed by atoms with E-state index in [9.17, 15) is 4.79 Å². The molecule has 1 heterocycles. The molecule has 6 heteroatoms. The Labute approximate surface area is 178 Å². The van der Waals surface area contributed by atoms with Crippen molar-refractivity contribution in [2.75, 3.05) is 13.1 Å². The lowest BCUT2D eigenvalue weighted by molar-refractivity contribution is 0.195. The lowest BCUT2D eigenvalue weighted by atomic mass is 10.1. The average molecular weight is 407 g/mol. The summed E-state index contributed by atoms with van der Waals surface area (Å²) in [6.45, 7) is 7.68. The molecule has 0 aliphatic rings. The van der Waals surface area contributed by atoms with E-state index in [1.165, 1.54) is 0 Å². The van der Waals surface area contributed by atoms with Crippen molar-refractivity contribution in [2.45, 2.75) is 33.7 Å². The van der Waals surface area contributed by atoms with Crippen LogP contribution in [0.15, 0.2) is 54.6 Å². The normalized spacial score (nSPS) is 10.7. The Morgan fingerprint density at radius 2 is 1.90 bits per heavy atom. The average Bonchev–Trinajstić information content (AvgIpc) is 3.04. The van der Waals surface area contributed by atoms with Gasteiger partial charge in [-0.1, -0.05) is 49.4 Å². The molecular weight excluding hydrogens is 376 g/mol. The van der Waals surface area contributed by atoms with E-state index in [1.54, 1.807) is 4.68 Å². The maximum absolute atomic E-state index is 12.7. The Morgan fingerprint density at radius 1 is 1.13 bits per heavy atom. The zero-order valence-corrected chi connectivity index (χ0v) is 18.2. The maximum Gasteiger partial charge on any atom is 0.317 e. The predicted molar refractivity (Wildman–Crippen MR) is 120 cm³/mol. The Balaban J connectivity index is 2.05. The van der Waals surface area contributed by atoms with Crippen LogP contribution in [0.1, 0.15) is 31.4 Å². The molecule has 0 aliphatic heterocycles. The number of carbonyl (C=O) groups is 1. The van der Waals surface area contributed by atoms with Crippen LogP contribution in [-0.2, 0) is 13.6 Å². The van der Waals surface area contributed by atoms with Crippen LogP contribution in [0.25, 0.3) is 11.3 Å². The van der Waals surface area contributed by atoms with Crippen molar-refractivity contribution in [1.29, 1.82) is 0 Å². The van der Waals surface area contributed by atoms with Crippen LogP contribution in [0, 0.1) is 6.92 Å². The second kappa shape index (κ2) is 9.96. The highest BCUT2D eigenvalue weighted by Crippen LogP contribution is 2.34. The molecular formula is C24H30N4O2. The number of nitrogens with zero attached hydrogens (tertiary/aromatic N) is 3. The summed E-state index contributed by atoms with van der Waals surface area (Å²) in [6, 6.07) is 17.9. The van der Waals surface area contributed by atoms with E-state index in [0.29, 0.717) is 25.5 Å². The first-order valence-corrected chi connectivity index (χ1v) is 10.4. The summed E-state index contributed by atoms with van der Waals surface area (Å²) in [5, 5.41) is 7.66. The van der Waals surface area contributed by atoms with Gasteiger partial charge in [-0.25, -0.2) is 9.48 Å². The third kappa shape index (κ3) is 5.00. The second-order valence-corrected chi connectivity index (χ2v) is 7.30. The maximum atomic E-state index is 12.7. The minimum Gasteiger partial charge on any atom is -0.439 e. The van der Waals surface area contributed by atoms with Gasteiger partial charge >= 0.3 is 6.03 Å². The smallest absolute Gasteiger partial charge is 0.317 e. The highest BCUT2D eigenvalue weighted by molar-refractivity contribution is 5.75. The van der Waals surface area contributed by atoms with Crippen molar-refractivity contribution < 1.29 is 9.53 Å². The SMILES string of the molecule is CCCN(Cc1c(-c2ccccc2)nn(C)c1Oc1cccc(C)c1)C(=O)NCC. The number of rotatable bonds is 8. The highest BCUT2D eigenvalue weighted by Gasteiger charge is 2.24. The summed E-state index contributed by atoms with van der Waals surface area (Å²) in [7, 11) is 1.87. The van der Waals surface area contributed by atoms with Crippen LogP contribution in [0.2, 0.25) is 0 Å². The molecule has 2 aromatic carbocycles. The topological polar surface area (TPSA) is 59.4 Å². The third-order valence-electron chi connectivity index (χ3n) is 4.80. The summed E-state index contributed by atoms with van der Waals surface area (Å²) in [4.78, 5) is 14.5. The molecule has 30 heavy (non-hydrogen) atoms. The van der Waals surface area contributed by atoms with Gasteiger partial charge in [0.2, 0.25) is 5.88 Å². The lowest BCUT2D eigenvalue weighted by Gasteiger charge is -2.23. The van der Waals surface area contributed by atoms with Crippen LogP contribution in [0.3, 0.4) is 0 Å². The molecule has 158 valence electrons. The highest BCUT2D eigenvalue weighted by atomic mass is 16.5. The first-order valence-electron chi connectivity index (χ1n) is 10.4. The summed E-state index contributed by atoms with van der Waals surface area (Å²) in [5.74, 6) is 1.39. The molecule has 3 rings (SSSR count). The van der Waals surface area contributed by atoms with E-state index < -0.39 is 0 Å². The third-order valence-corrected chi connectivity index (χ3v) is 4.80. The van der Waals surface area contributed by atoms with Gasteiger partial charge in [0.25, 0.3) is 0 Å². The minimum absolute atomic E-state index is 0.0799. The van der Waals surface area contributed by atoms with Gasteiger partial charge < -0.3 is 15.0 Å². The second-order valence-electron chi connectivity index (χ2n) is 7.30. The fourth-order valence-electron chi connectivity index (χ4n) is 3.42. The standard InChI is InChI=1S/C24H30N4O2/c1-5-15-28(24(29)25-6-2)17-21-22(19-12-8-7-9-13-19)26-27(4)23(21)30-20-14-10-11-18(3)16-20/h7-14,16H,5-6,15,17H2,1-4H3,(H,25,29). The Hall–Kier alpha value is -3.28. The Bertz CT molecular complexity index is 982. The van der Waals surface area contributed by atoms with Crippen LogP contribution < -0.4 is 10.1 Å². The summed E-state index contributed by atoms with van der Waals surface area (Å²) >= 11 is 0. The van der Waals surface area contributed by atoms with Gasteiger partial charge in [0.05, 0.1) is 12.1 Å². The molecule has 0 spiro atoms. The largest absolute Gasteiger partial charge is 0.439 e. The first-order chi connectivity index (χ1) is 14.5. The van der Waals surface area contributed by atoms with Crippen LogP contribution in [0.5, 0.6) is 11.6 Å². The van der Waals surface area contributed by atoms with E-state index in [-0.39, 0.29) is 6.03 Å². The molecule has 3 aromatic rings. The molecule has 1 N–H and O–H groups in total. The van der Waals surface area contributed by atoms with Gasteiger partial charge in [-0.3, -0.25) is 0 Å². The molecule has 0 saturated carbocycles. The molecule has 0 atom stereocenters. The molecule has 6 nitrogen and oxygen atoms in total. The molecule has 0 aliphatic carbocycles. The fourth-order valence-corrected chi connectivity index (χ4v) is 3.42. The van der Waals surface area contributed by atoms with Gasteiger partial charge in [0.1, 0.15) is 11.4 Å². The van der Waals surface area contributed by atoms with Gasteiger partial charge in [0.15, 0.2) is 0 Å². The van der Waals surface area contributed by atoms with Crippen molar-refractivity contribution in [3.63, 3.8) is 0 Å². The predicted octanol–water partition coefficient (Wildman–Crippen LogP) is 5.13. The lowest BCUT2D eigenvalue weighted by Crippen LogP contribution is -2.39. The minimum atomic E-state index is -0.0799. The number of benzene rings is 2. The van der Waals surface area contributed by atoms with Crippen molar-refractivity contribution in [3.05, 3.63) is 65.7 Å². The molecule has 0 bridgehead atoms. The zero-order valence-electron chi connectivity index (χ0n) is 18.2. The van der Waals surface area contributed by atoms with E-state index in [4.69, 9.17) is 9.84 Å². The van der Waals surface area contributed by atoms with Gasteiger partial charge in [-0.05, 0) is 38.0 Å². The van der Waals surface area contributed by atoms with Gasteiger partial charge in [0, 0.05) is 25.7 Å². The number of hydrogen-bond acceptors (Lipinski definition) is 3. The number of urea groups is 1. The molecule has 0 fully saturated rings. The van der Waals surface area contributed by atoms with E-state index in [1.807, 2.05) is 80.4 Å². The fraction of sp³-hybridized carbons (Fsp3) is 0.333. The number of aryl methyl sites for hydroxylation is 2. The van der Waals surface area contributed by atoms with Crippen LogP contribution in [0.4, 0.5) is 4.79 Å². The van der Waals surface area contributed by atoms with Crippen LogP contribution >= 0.6 is 0 Å².